The van der Waals surface area contributed by atoms with Crippen molar-refractivity contribution in [2.24, 2.45) is 50.7 Å². The number of hydrogen-bond donors (Lipinski definition) is 1. The van der Waals surface area contributed by atoms with Crippen LogP contribution in [0.25, 0.3) is 0 Å². The van der Waals surface area contributed by atoms with Gasteiger partial charge in [0.15, 0.2) is 5.78 Å². The van der Waals surface area contributed by atoms with E-state index in [1.807, 2.05) is 0 Å². The van der Waals surface area contributed by atoms with Crippen LogP contribution in [-0.4, -0.2) is 22.6 Å². The van der Waals surface area contributed by atoms with Crippen molar-refractivity contribution in [3.8, 4) is 0 Å². The van der Waals surface area contributed by atoms with Crippen molar-refractivity contribution < 1.29 is 19.5 Å². The fourth-order valence-electron chi connectivity index (χ4n) is 10.9. The van der Waals surface area contributed by atoms with Crippen molar-refractivity contribution in [3.05, 3.63) is 11.6 Å². The average Bonchev–Trinajstić information content (AvgIpc) is 3.33. The molecule has 34 heavy (non-hydrogen) atoms. The molecule has 8 atom stereocenters. The van der Waals surface area contributed by atoms with Crippen LogP contribution in [0.15, 0.2) is 11.6 Å². The Labute approximate surface area is 205 Å². The van der Waals surface area contributed by atoms with E-state index in [2.05, 4.69) is 34.6 Å². The SMILES string of the molecule is C/C(=C\C(=O)C[C@@H](C)[C@H]1CC[C@@]2(C)[C@@H]3CC[C@H]4C(C)(C)C(=O)CC[C@]45C[C@@]35CC[C@]12C)C(=O)O. The third-order valence-corrected chi connectivity index (χ3v) is 12.8. The number of carbonyl (C=O) groups is 3. The predicted octanol–water partition coefficient (Wildman–Crippen LogP) is 6.62. The van der Waals surface area contributed by atoms with E-state index >= 15 is 0 Å². The number of ketones is 2. The summed E-state index contributed by atoms with van der Waals surface area (Å²) in [5.41, 5.74) is 1.32. The van der Waals surface area contributed by atoms with Gasteiger partial charge in [0.2, 0.25) is 0 Å². The molecule has 2 spiro atoms. The first-order chi connectivity index (χ1) is 15.8. The largest absolute Gasteiger partial charge is 0.478 e. The normalized spacial score (nSPS) is 47.6. The van der Waals surface area contributed by atoms with Gasteiger partial charge in [0, 0.05) is 23.8 Å². The Hall–Kier alpha value is -1.45. The fraction of sp³-hybridized carbons (Fsp3) is 0.833. The number of allylic oxidation sites excluding steroid dienone is 1. The van der Waals surface area contributed by atoms with Crippen LogP contribution >= 0.6 is 0 Å². The van der Waals surface area contributed by atoms with Gasteiger partial charge in [-0.3, -0.25) is 9.59 Å². The molecule has 0 aromatic carbocycles. The molecule has 5 rings (SSSR count). The van der Waals surface area contributed by atoms with Gasteiger partial charge in [-0.05, 0) is 110 Å². The summed E-state index contributed by atoms with van der Waals surface area (Å²) in [7, 11) is 0. The summed E-state index contributed by atoms with van der Waals surface area (Å²) in [4.78, 5) is 36.6. The van der Waals surface area contributed by atoms with Gasteiger partial charge in [0.05, 0.1) is 0 Å². The van der Waals surface area contributed by atoms with E-state index in [0.717, 1.165) is 18.8 Å². The first-order valence-electron chi connectivity index (χ1n) is 13.7. The van der Waals surface area contributed by atoms with E-state index in [-0.39, 0.29) is 28.1 Å². The zero-order chi connectivity index (χ0) is 24.9. The number of hydrogen-bond acceptors (Lipinski definition) is 3. The van der Waals surface area contributed by atoms with Crippen molar-refractivity contribution in [2.45, 2.75) is 106 Å². The Morgan fingerprint density at radius 3 is 2.29 bits per heavy atom. The smallest absolute Gasteiger partial charge is 0.331 e. The number of carboxylic acids is 1. The molecule has 0 aromatic heterocycles. The third kappa shape index (κ3) is 2.86. The average molecular weight is 469 g/mol. The van der Waals surface area contributed by atoms with Gasteiger partial charge in [-0.1, -0.05) is 34.6 Å². The van der Waals surface area contributed by atoms with Crippen LogP contribution in [0.1, 0.15) is 106 Å². The zero-order valence-corrected chi connectivity index (χ0v) is 22.1. The highest BCUT2D eigenvalue weighted by Crippen LogP contribution is 2.88. The van der Waals surface area contributed by atoms with E-state index < -0.39 is 5.97 Å². The Morgan fingerprint density at radius 2 is 1.62 bits per heavy atom. The van der Waals surface area contributed by atoms with Crippen molar-refractivity contribution >= 4 is 17.5 Å². The van der Waals surface area contributed by atoms with Crippen LogP contribution in [0.4, 0.5) is 0 Å². The lowest BCUT2D eigenvalue weighted by Crippen LogP contribution is -2.57. The molecule has 0 aromatic rings. The maximum Gasteiger partial charge on any atom is 0.331 e. The second-order valence-corrected chi connectivity index (χ2v) is 14.1. The van der Waals surface area contributed by atoms with E-state index in [1.54, 1.807) is 0 Å². The highest BCUT2D eigenvalue weighted by atomic mass is 16.4. The Balaban J connectivity index is 1.39. The molecule has 188 valence electrons. The highest BCUT2D eigenvalue weighted by Gasteiger charge is 2.82. The summed E-state index contributed by atoms with van der Waals surface area (Å²) in [6, 6.07) is 0. The van der Waals surface area contributed by atoms with Gasteiger partial charge in [-0.15, -0.1) is 0 Å². The first-order valence-corrected chi connectivity index (χ1v) is 13.7. The molecule has 5 saturated carbocycles. The van der Waals surface area contributed by atoms with E-state index in [4.69, 9.17) is 5.11 Å². The lowest BCUT2D eigenvalue weighted by molar-refractivity contribution is -0.157. The quantitative estimate of drug-likeness (QED) is 0.460. The van der Waals surface area contributed by atoms with Gasteiger partial charge >= 0.3 is 5.97 Å². The summed E-state index contributed by atoms with van der Waals surface area (Å²) in [6.07, 6.45) is 12.4. The lowest BCUT2D eigenvalue weighted by Gasteiger charge is -2.62. The summed E-state index contributed by atoms with van der Waals surface area (Å²) in [5.74, 6) is 1.50. The molecule has 0 aliphatic heterocycles. The standard InChI is InChI=1S/C30H44O4/c1-18(15-20(31)16-19(2)25(33)34)21-9-11-28(6)23-8-7-22-26(3,4)24(32)10-12-29(22)17-30(23,29)14-13-27(21,28)5/h16,18,21-23H,7-15,17H2,1-6H3,(H,33,34)/b19-16+/t18-,21-,22+,23+,27-,28+,29+,30+/m1/s1. The Bertz CT molecular complexity index is 976. The molecule has 4 nitrogen and oxygen atoms in total. The van der Waals surface area contributed by atoms with Crippen molar-refractivity contribution in [1.29, 1.82) is 0 Å². The molecular formula is C30H44O4. The molecular weight excluding hydrogens is 424 g/mol. The van der Waals surface area contributed by atoms with Crippen LogP contribution < -0.4 is 0 Å². The number of Topliss-reactive ketones (excluding diaryl/α,β-unsaturated/α-hetero) is 1. The van der Waals surface area contributed by atoms with E-state index in [1.165, 1.54) is 57.9 Å². The lowest BCUT2D eigenvalue weighted by atomic mass is 9.42. The van der Waals surface area contributed by atoms with Crippen LogP contribution in [0.3, 0.4) is 0 Å². The molecule has 0 amide bonds. The van der Waals surface area contributed by atoms with Crippen molar-refractivity contribution in [3.63, 3.8) is 0 Å². The van der Waals surface area contributed by atoms with Crippen molar-refractivity contribution in [1.82, 2.24) is 0 Å². The van der Waals surface area contributed by atoms with Crippen LogP contribution in [0.5, 0.6) is 0 Å². The summed E-state index contributed by atoms with van der Waals surface area (Å²) >= 11 is 0. The molecule has 0 heterocycles. The van der Waals surface area contributed by atoms with Crippen LogP contribution in [0.2, 0.25) is 0 Å². The summed E-state index contributed by atoms with van der Waals surface area (Å²) in [6.45, 7) is 13.3. The minimum absolute atomic E-state index is 0.0485. The van der Waals surface area contributed by atoms with Gasteiger partial charge in [0.1, 0.15) is 5.78 Å². The molecule has 1 N–H and O–H groups in total. The maximum atomic E-state index is 12.8. The second-order valence-electron chi connectivity index (χ2n) is 14.1. The van der Waals surface area contributed by atoms with Crippen LogP contribution in [0, 0.1) is 50.7 Å². The fourth-order valence-corrected chi connectivity index (χ4v) is 10.9. The molecule has 0 saturated heterocycles. The monoisotopic (exact) mass is 468 g/mol. The summed E-state index contributed by atoms with van der Waals surface area (Å²) < 4.78 is 0. The molecule has 4 heteroatoms. The highest BCUT2D eigenvalue weighted by molar-refractivity contribution is 5.98. The molecule has 5 aliphatic carbocycles. The first kappa shape index (κ1) is 24.3. The zero-order valence-electron chi connectivity index (χ0n) is 22.1. The minimum Gasteiger partial charge on any atom is -0.478 e. The number of carbonyl (C=O) groups excluding carboxylic acids is 2. The Morgan fingerprint density at radius 1 is 0.971 bits per heavy atom. The van der Waals surface area contributed by atoms with Crippen LogP contribution in [-0.2, 0) is 14.4 Å². The molecule has 0 radical (unpaired) electrons. The minimum atomic E-state index is -1.01. The topological polar surface area (TPSA) is 71.4 Å². The molecule has 5 aliphatic rings. The van der Waals surface area contributed by atoms with Crippen molar-refractivity contribution in [2.75, 3.05) is 0 Å². The third-order valence-electron chi connectivity index (χ3n) is 12.8. The van der Waals surface area contributed by atoms with Gasteiger partial charge in [0.25, 0.3) is 0 Å². The molecule has 0 unspecified atom stereocenters. The number of fused-ring (bicyclic) bond motifs is 2. The maximum absolute atomic E-state index is 12.8. The van der Waals surface area contributed by atoms with Gasteiger partial charge < -0.3 is 5.11 Å². The van der Waals surface area contributed by atoms with Gasteiger partial charge in [-0.25, -0.2) is 4.79 Å². The Kier molecular flexibility index (Phi) is 5.20. The summed E-state index contributed by atoms with van der Waals surface area (Å²) in [5, 5.41) is 9.13. The predicted molar refractivity (Wildman–Crippen MR) is 132 cm³/mol. The van der Waals surface area contributed by atoms with E-state index in [0.29, 0.717) is 40.3 Å². The molecule has 5 fully saturated rings. The number of rotatable bonds is 5. The number of aliphatic carboxylic acids is 1. The number of carboxylic acid groups (broad SMARTS) is 1. The second kappa shape index (κ2) is 7.29. The molecule has 0 bridgehead atoms. The van der Waals surface area contributed by atoms with Gasteiger partial charge in [-0.2, -0.15) is 0 Å². The van der Waals surface area contributed by atoms with E-state index in [9.17, 15) is 14.4 Å².